The van der Waals surface area contributed by atoms with Gasteiger partial charge in [-0.15, -0.1) is 22.7 Å². The number of hydrogen-bond donors (Lipinski definition) is 0. The molecule has 2 aromatic rings. The molecule has 0 spiro atoms. The Morgan fingerprint density at radius 1 is 0.714 bits per heavy atom. The van der Waals surface area contributed by atoms with E-state index in [4.69, 9.17) is 0 Å². The Labute approximate surface area is 94.2 Å². The van der Waals surface area contributed by atoms with Gasteiger partial charge in [-0.05, 0) is 61.7 Å². The van der Waals surface area contributed by atoms with Gasteiger partial charge in [0, 0.05) is 9.75 Å². The van der Waals surface area contributed by atoms with Crippen LogP contribution in [0.15, 0.2) is 22.9 Å². The lowest BCUT2D eigenvalue weighted by atomic mass is 10.4. The van der Waals surface area contributed by atoms with Crippen LogP contribution >= 0.6 is 22.7 Å². The van der Waals surface area contributed by atoms with Gasteiger partial charge in [0.1, 0.15) is 0 Å². The maximum absolute atomic E-state index is 2.19. The lowest BCUT2D eigenvalue weighted by Crippen LogP contribution is -1.53. The van der Waals surface area contributed by atoms with Gasteiger partial charge in [-0.1, -0.05) is 0 Å². The highest BCUT2D eigenvalue weighted by atomic mass is 32.1. The average molecular weight is 224 g/mol. The van der Waals surface area contributed by atoms with Crippen molar-refractivity contribution in [2.75, 3.05) is 0 Å². The molecular formula is C12H16S2. The van der Waals surface area contributed by atoms with Crippen molar-refractivity contribution in [2.24, 2.45) is 0 Å². The average Bonchev–Trinajstić information content (AvgIpc) is 2.63. The number of hydrogen-bond acceptors (Lipinski definition) is 2. The van der Waals surface area contributed by atoms with Crippen LogP contribution in [0.25, 0.3) is 0 Å². The Morgan fingerprint density at radius 3 is 1.14 bits per heavy atom. The van der Waals surface area contributed by atoms with Crippen molar-refractivity contribution in [2.45, 2.75) is 27.7 Å². The molecule has 76 valence electrons. The van der Waals surface area contributed by atoms with Crippen LogP contribution in [0.1, 0.15) is 20.9 Å². The van der Waals surface area contributed by atoms with E-state index in [1.54, 1.807) is 22.7 Å². The molecule has 0 aliphatic carbocycles. The van der Waals surface area contributed by atoms with Crippen molar-refractivity contribution in [3.8, 4) is 0 Å². The van der Waals surface area contributed by atoms with Crippen LogP contribution in [0.3, 0.4) is 0 Å². The van der Waals surface area contributed by atoms with Crippen molar-refractivity contribution in [3.05, 3.63) is 43.8 Å². The number of rotatable bonds is 0. The van der Waals surface area contributed by atoms with Crippen molar-refractivity contribution < 1.29 is 0 Å². The van der Waals surface area contributed by atoms with Crippen LogP contribution in [0.2, 0.25) is 0 Å². The van der Waals surface area contributed by atoms with Gasteiger partial charge in [-0.25, -0.2) is 0 Å². The van der Waals surface area contributed by atoms with Gasteiger partial charge in [0.05, 0.1) is 0 Å². The highest BCUT2D eigenvalue weighted by Crippen LogP contribution is 2.11. The molecule has 0 aromatic carbocycles. The van der Waals surface area contributed by atoms with E-state index in [1.165, 1.54) is 20.9 Å². The Balaban J connectivity index is 0.000000140. The molecule has 2 rings (SSSR count). The van der Waals surface area contributed by atoms with Crippen LogP contribution in [0.5, 0.6) is 0 Å². The topological polar surface area (TPSA) is 0 Å². The standard InChI is InChI=1S/2C6H8S/c2*1-5-3-6(2)7-4-5/h2*3-4H,1-2H3. The van der Waals surface area contributed by atoms with Gasteiger partial charge in [0.25, 0.3) is 0 Å². The van der Waals surface area contributed by atoms with Crippen LogP contribution in [0, 0.1) is 27.7 Å². The van der Waals surface area contributed by atoms with Crippen LogP contribution in [-0.2, 0) is 0 Å². The molecule has 0 fully saturated rings. The third-order valence-electron chi connectivity index (χ3n) is 1.72. The van der Waals surface area contributed by atoms with Crippen LogP contribution in [0.4, 0.5) is 0 Å². The van der Waals surface area contributed by atoms with Gasteiger partial charge in [0.15, 0.2) is 0 Å². The van der Waals surface area contributed by atoms with Crippen molar-refractivity contribution in [1.82, 2.24) is 0 Å². The fourth-order valence-corrected chi connectivity index (χ4v) is 2.54. The van der Waals surface area contributed by atoms with E-state index < -0.39 is 0 Å². The van der Waals surface area contributed by atoms with Gasteiger partial charge in [0.2, 0.25) is 0 Å². The van der Waals surface area contributed by atoms with Crippen molar-refractivity contribution in [1.29, 1.82) is 0 Å². The molecule has 0 aliphatic heterocycles. The predicted molar refractivity (Wildman–Crippen MR) is 67.6 cm³/mol. The summed E-state index contributed by atoms with van der Waals surface area (Å²) in [5, 5.41) is 4.32. The fourth-order valence-electron chi connectivity index (χ4n) is 1.15. The zero-order valence-corrected chi connectivity index (χ0v) is 10.8. The first kappa shape index (κ1) is 11.5. The van der Waals surface area contributed by atoms with Crippen molar-refractivity contribution >= 4 is 22.7 Å². The van der Waals surface area contributed by atoms with E-state index in [1.807, 2.05) is 0 Å². The third kappa shape index (κ3) is 4.07. The zero-order valence-electron chi connectivity index (χ0n) is 9.13. The highest BCUT2D eigenvalue weighted by Gasteiger charge is 1.84. The maximum Gasteiger partial charge on any atom is 0.00169 e. The fraction of sp³-hybridized carbons (Fsp3) is 0.333. The zero-order chi connectivity index (χ0) is 10.6. The Kier molecular flexibility index (Phi) is 4.36. The maximum atomic E-state index is 2.19. The van der Waals surface area contributed by atoms with Crippen LogP contribution < -0.4 is 0 Å². The smallest absolute Gasteiger partial charge is 0.00169 e. The quantitative estimate of drug-likeness (QED) is 0.607. The second-order valence-corrected chi connectivity index (χ2v) is 5.70. The van der Waals surface area contributed by atoms with Gasteiger partial charge >= 0.3 is 0 Å². The molecule has 0 N–H and O–H groups in total. The predicted octanol–water partition coefficient (Wildman–Crippen LogP) is 4.73. The largest absolute Gasteiger partial charge is 0.149 e. The molecule has 0 nitrogen and oxygen atoms in total. The highest BCUT2D eigenvalue weighted by molar-refractivity contribution is 7.10. The molecule has 0 unspecified atom stereocenters. The monoisotopic (exact) mass is 224 g/mol. The van der Waals surface area contributed by atoms with E-state index in [0.29, 0.717) is 0 Å². The Bertz CT molecular complexity index is 311. The Hall–Kier alpha value is -0.600. The first-order valence-electron chi connectivity index (χ1n) is 4.61. The number of aryl methyl sites for hydroxylation is 4. The summed E-state index contributed by atoms with van der Waals surface area (Å²) in [6.07, 6.45) is 0. The summed E-state index contributed by atoms with van der Waals surface area (Å²) in [6.45, 7) is 8.47. The molecule has 0 atom stereocenters. The summed E-state index contributed by atoms with van der Waals surface area (Å²) in [7, 11) is 0. The second-order valence-electron chi connectivity index (χ2n) is 3.47. The minimum Gasteiger partial charge on any atom is -0.149 e. The minimum atomic E-state index is 1.38. The summed E-state index contributed by atoms with van der Waals surface area (Å²) in [4.78, 5) is 2.80. The van der Waals surface area contributed by atoms with Gasteiger partial charge in [-0.2, -0.15) is 0 Å². The molecule has 2 aromatic heterocycles. The summed E-state index contributed by atoms with van der Waals surface area (Å²) in [6, 6.07) is 4.37. The molecule has 0 amide bonds. The normalized spacial score (nSPS) is 9.43. The Morgan fingerprint density at radius 2 is 1.07 bits per heavy atom. The number of thiophene rings is 2. The van der Waals surface area contributed by atoms with E-state index >= 15 is 0 Å². The summed E-state index contributed by atoms with van der Waals surface area (Å²) in [5.74, 6) is 0. The summed E-state index contributed by atoms with van der Waals surface area (Å²) in [5.41, 5.74) is 2.75. The van der Waals surface area contributed by atoms with E-state index in [9.17, 15) is 0 Å². The van der Waals surface area contributed by atoms with E-state index in [0.717, 1.165) is 0 Å². The summed E-state index contributed by atoms with van der Waals surface area (Å²) >= 11 is 3.61. The van der Waals surface area contributed by atoms with E-state index in [2.05, 4.69) is 50.6 Å². The molecule has 0 radical (unpaired) electrons. The first-order chi connectivity index (χ1) is 6.58. The first-order valence-corrected chi connectivity index (χ1v) is 6.37. The van der Waals surface area contributed by atoms with E-state index in [-0.39, 0.29) is 0 Å². The van der Waals surface area contributed by atoms with Crippen molar-refractivity contribution in [3.63, 3.8) is 0 Å². The second kappa shape index (κ2) is 5.32. The lowest BCUT2D eigenvalue weighted by Gasteiger charge is -1.70. The molecule has 2 heterocycles. The summed E-state index contributed by atoms with van der Waals surface area (Å²) < 4.78 is 0. The molecule has 0 bridgehead atoms. The third-order valence-corrected chi connectivity index (χ3v) is 3.68. The molecule has 0 aliphatic rings. The molecular weight excluding hydrogens is 208 g/mol. The van der Waals surface area contributed by atoms with Gasteiger partial charge < -0.3 is 0 Å². The molecule has 14 heavy (non-hydrogen) atoms. The minimum absolute atomic E-state index is 1.38. The molecule has 2 heteroatoms. The van der Waals surface area contributed by atoms with Gasteiger partial charge in [-0.3, -0.25) is 0 Å². The molecule has 0 saturated carbocycles. The SMILES string of the molecule is Cc1csc(C)c1.Cc1csc(C)c1. The van der Waals surface area contributed by atoms with Crippen LogP contribution in [-0.4, -0.2) is 0 Å². The molecule has 0 saturated heterocycles. The lowest BCUT2D eigenvalue weighted by molar-refractivity contribution is 1.51.